The minimum Gasteiger partial charge on any atom is -0.379 e. The monoisotopic (exact) mass is 565 g/mol. The number of nitrogens with zero attached hydrogens (tertiary/aromatic N) is 1. The summed E-state index contributed by atoms with van der Waals surface area (Å²) in [6.45, 7) is 5.83. The zero-order valence-electron chi connectivity index (χ0n) is 17.5. The van der Waals surface area contributed by atoms with Gasteiger partial charge in [-0.25, -0.2) is 8.42 Å². The van der Waals surface area contributed by atoms with Crippen molar-refractivity contribution in [1.29, 1.82) is 0 Å². The maximum absolute atomic E-state index is 12.8. The first-order chi connectivity index (χ1) is 13.5. The standard InChI is InChI=1S/C19H30F3N3O3S.HI/c1-4-23-18(25-10-11-28-12-13-29(3,26)27)24-9-8-15(2)16-6-5-7-17(14-16)19(20,21)22;/h5-7,14-15H,4,8-13H2,1-3H3,(H2,23,24,25);1H. The second-order valence-corrected chi connectivity index (χ2v) is 9.00. The Kier molecular flexibility index (Phi) is 13.6. The van der Waals surface area contributed by atoms with Gasteiger partial charge in [-0.15, -0.1) is 24.0 Å². The molecule has 0 bridgehead atoms. The van der Waals surface area contributed by atoms with Crippen molar-refractivity contribution in [3.05, 3.63) is 35.4 Å². The number of benzene rings is 1. The van der Waals surface area contributed by atoms with Crippen LogP contribution in [0.2, 0.25) is 0 Å². The van der Waals surface area contributed by atoms with Gasteiger partial charge in [-0.2, -0.15) is 13.2 Å². The molecule has 1 unspecified atom stereocenters. The molecule has 1 aromatic rings. The van der Waals surface area contributed by atoms with E-state index in [1.165, 1.54) is 12.1 Å². The molecule has 11 heteroatoms. The molecule has 174 valence electrons. The van der Waals surface area contributed by atoms with Gasteiger partial charge >= 0.3 is 6.18 Å². The molecule has 0 saturated carbocycles. The lowest BCUT2D eigenvalue weighted by atomic mass is 9.96. The van der Waals surface area contributed by atoms with Gasteiger partial charge in [0.25, 0.3) is 0 Å². The lowest BCUT2D eigenvalue weighted by molar-refractivity contribution is -0.137. The molecule has 0 amide bonds. The van der Waals surface area contributed by atoms with Crippen LogP contribution in [0.4, 0.5) is 13.2 Å². The number of sulfone groups is 1. The van der Waals surface area contributed by atoms with Crippen molar-refractivity contribution >= 4 is 39.8 Å². The van der Waals surface area contributed by atoms with Crippen molar-refractivity contribution in [1.82, 2.24) is 10.6 Å². The van der Waals surface area contributed by atoms with Crippen LogP contribution in [-0.4, -0.2) is 59.2 Å². The van der Waals surface area contributed by atoms with Crippen molar-refractivity contribution in [3.8, 4) is 0 Å². The second-order valence-electron chi connectivity index (χ2n) is 6.74. The number of nitrogens with one attached hydrogen (secondary N) is 2. The summed E-state index contributed by atoms with van der Waals surface area (Å²) in [4.78, 5) is 4.43. The molecular formula is C19H31F3IN3O3S. The van der Waals surface area contributed by atoms with Crippen LogP contribution in [0.25, 0.3) is 0 Å². The largest absolute Gasteiger partial charge is 0.416 e. The maximum atomic E-state index is 12.8. The van der Waals surface area contributed by atoms with Crippen LogP contribution >= 0.6 is 24.0 Å². The van der Waals surface area contributed by atoms with E-state index in [0.29, 0.717) is 44.2 Å². The summed E-state index contributed by atoms with van der Waals surface area (Å²) >= 11 is 0. The van der Waals surface area contributed by atoms with Crippen LogP contribution in [0, 0.1) is 0 Å². The zero-order chi connectivity index (χ0) is 21.9. The van der Waals surface area contributed by atoms with E-state index in [0.717, 1.165) is 12.3 Å². The number of guanidine groups is 1. The molecule has 0 saturated heterocycles. The van der Waals surface area contributed by atoms with Crippen LogP contribution in [-0.2, 0) is 20.8 Å². The van der Waals surface area contributed by atoms with Gasteiger partial charge in [-0.05, 0) is 30.9 Å². The van der Waals surface area contributed by atoms with E-state index >= 15 is 0 Å². The minimum atomic E-state index is -4.35. The summed E-state index contributed by atoms with van der Waals surface area (Å²) in [6.07, 6.45) is -2.59. The van der Waals surface area contributed by atoms with Crippen LogP contribution < -0.4 is 10.6 Å². The maximum Gasteiger partial charge on any atom is 0.416 e. The third-order valence-corrected chi connectivity index (χ3v) is 5.00. The molecule has 6 nitrogen and oxygen atoms in total. The normalized spacial score (nSPS) is 13.5. The van der Waals surface area contributed by atoms with Crippen LogP contribution in [0.1, 0.15) is 37.3 Å². The minimum absolute atomic E-state index is 0. The highest BCUT2D eigenvalue weighted by Gasteiger charge is 2.30. The molecule has 1 atom stereocenters. The van der Waals surface area contributed by atoms with E-state index in [2.05, 4.69) is 15.6 Å². The number of ether oxygens (including phenoxy) is 1. The molecule has 0 aliphatic carbocycles. The van der Waals surface area contributed by atoms with Gasteiger partial charge < -0.3 is 15.4 Å². The second kappa shape index (κ2) is 14.1. The number of hydrogen-bond acceptors (Lipinski definition) is 4. The van der Waals surface area contributed by atoms with E-state index in [-0.39, 0.29) is 42.3 Å². The average Bonchev–Trinajstić information content (AvgIpc) is 2.63. The fourth-order valence-corrected chi connectivity index (χ4v) is 2.87. The Morgan fingerprint density at radius 1 is 1.23 bits per heavy atom. The Morgan fingerprint density at radius 3 is 2.53 bits per heavy atom. The topological polar surface area (TPSA) is 79.8 Å². The molecule has 1 aromatic carbocycles. The molecule has 0 radical (unpaired) electrons. The molecule has 1 rings (SSSR count). The molecule has 2 N–H and O–H groups in total. The number of aliphatic imine (C=N–C) groups is 1. The first-order valence-corrected chi connectivity index (χ1v) is 11.5. The van der Waals surface area contributed by atoms with Crippen LogP contribution in [0.3, 0.4) is 0 Å². The molecule has 0 aliphatic rings. The van der Waals surface area contributed by atoms with Gasteiger partial charge in [0.1, 0.15) is 9.84 Å². The van der Waals surface area contributed by atoms with E-state index in [4.69, 9.17) is 4.74 Å². The quantitative estimate of drug-likeness (QED) is 0.186. The third-order valence-electron chi connectivity index (χ3n) is 4.10. The van der Waals surface area contributed by atoms with E-state index in [9.17, 15) is 21.6 Å². The van der Waals surface area contributed by atoms with Gasteiger partial charge in [-0.3, -0.25) is 4.99 Å². The van der Waals surface area contributed by atoms with E-state index in [1.807, 2.05) is 13.8 Å². The Hall–Kier alpha value is -1.08. The Balaban J connectivity index is 0.00000841. The summed E-state index contributed by atoms with van der Waals surface area (Å²) < 4.78 is 65.9. The van der Waals surface area contributed by atoms with Crippen LogP contribution in [0.5, 0.6) is 0 Å². The van der Waals surface area contributed by atoms with Gasteiger partial charge in [0.15, 0.2) is 5.96 Å². The molecular weight excluding hydrogens is 534 g/mol. The van der Waals surface area contributed by atoms with Crippen molar-refractivity contribution in [2.24, 2.45) is 4.99 Å². The Labute approximate surface area is 194 Å². The van der Waals surface area contributed by atoms with Gasteiger partial charge in [-0.1, -0.05) is 25.1 Å². The number of hydrogen-bond donors (Lipinski definition) is 2. The smallest absolute Gasteiger partial charge is 0.379 e. The molecule has 0 heterocycles. The number of alkyl halides is 3. The van der Waals surface area contributed by atoms with Crippen molar-refractivity contribution < 1.29 is 26.3 Å². The van der Waals surface area contributed by atoms with Crippen molar-refractivity contribution in [3.63, 3.8) is 0 Å². The van der Waals surface area contributed by atoms with E-state index in [1.54, 1.807) is 6.07 Å². The first kappa shape index (κ1) is 28.9. The Morgan fingerprint density at radius 2 is 1.93 bits per heavy atom. The highest BCUT2D eigenvalue weighted by atomic mass is 127. The SMILES string of the molecule is CCNC(=NCCC(C)c1cccc(C(F)(F)F)c1)NCCOCCS(C)(=O)=O.I. The summed E-state index contributed by atoms with van der Waals surface area (Å²) in [7, 11) is -3.03. The zero-order valence-corrected chi connectivity index (χ0v) is 20.6. The predicted octanol–water partition coefficient (Wildman–Crippen LogP) is 3.43. The predicted molar refractivity (Wildman–Crippen MR) is 124 cm³/mol. The number of halogens is 4. The summed E-state index contributed by atoms with van der Waals surface area (Å²) in [5.74, 6) is 0.493. The Bertz CT molecular complexity index is 759. The van der Waals surface area contributed by atoms with E-state index < -0.39 is 21.6 Å². The third kappa shape index (κ3) is 12.6. The van der Waals surface area contributed by atoms with Gasteiger partial charge in [0, 0.05) is 25.9 Å². The molecule has 0 spiro atoms. The van der Waals surface area contributed by atoms with Crippen molar-refractivity contribution in [2.75, 3.05) is 44.9 Å². The fraction of sp³-hybridized carbons (Fsp3) is 0.632. The van der Waals surface area contributed by atoms with Gasteiger partial charge in [0.05, 0.1) is 24.5 Å². The van der Waals surface area contributed by atoms with Crippen molar-refractivity contribution in [2.45, 2.75) is 32.4 Å². The van der Waals surface area contributed by atoms with Crippen LogP contribution in [0.15, 0.2) is 29.3 Å². The lowest BCUT2D eigenvalue weighted by Crippen LogP contribution is -2.39. The molecule has 0 aliphatic heterocycles. The fourth-order valence-electron chi connectivity index (χ4n) is 2.45. The molecule has 0 aromatic heterocycles. The highest BCUT2D eigenvalue weighted by Crippen LogP contribution is 2.31. The average molecular weight is 565 g/mol. The van der Waals surface area contributed by atoms with Gasteiger partial charge in [0.2, 0.25) is 0 Å². The molecule has 30 heavy (non-hydrogen) atoms. The molecule has 0 fully saturated rings. The summed E-state index contributed by atoms with van der Waals surface area (Å²) in [5.41, 5.74) is -0.0107. The highest BCUT2D eigenvalue weighted by molar-refractivity contribution is 14.0. The first-order valence-electron chi connectivity index (χ1n) is 9.47. The summed E-state index contributed by atoms with van der Waals surface area (Å²) in [5, 5.41) is 6.16. The number of rotatable bonds is 11. The lowest BCUT2D eigenvalue weighted by Gasteiger charge is -2.15. The summed E-state index contributed by atoms with van der Waals surface area (Å²) in [6, 6.07) is 5.37.